The zero-order chi connectivity index (χ0) is 42.1. The third-order valence-corrected chi connectivity index (χ3v) is 17.2. The molecular formula is C56H57GeIrN3O-2. The van der Waals surface area contributed by atoms with Gasteiger partial charge in [-0.05, 0) is 67.3 Å². The molecule has 0 saturated heterocycles. The Hall–Kier alpha value is -4.68. The SMILES string of the molecule is CC(C)(C)Cc1cc(-c2[c-]ccc(-c3ccccc3)c2)nc[c]1[Ge]([CH3])([CH3])[CH3].[Ir].[c-]1ccc2c(oc3nc(-c4ccccc4)ccc32)c1-c1cc(CC2CC3CCC2CC3)ccn1. The maximum atomic E-state index is 6.35. The van der Waals surface area contributed by atoms with E-state index in [1.807, 2.05) is 36.5 Å². The third-order valence-electron chi connectivity index (χ3n) is 12.8. The van der Waals surface area contributed by atoms with Crippen molar-refractivity contribution < 1.29 is 24.5 Å². The molecule has 4 aromatic heterocycles. The molecule has 0 aliphatic heterocycles. The summed E-state index contributed by atoms with van der Waals surface area (Å²) in [7, 11) is 0. The van der Waals surface area contributed by atoms with E-state index in [-0.39, 0.29) is 25.5 Å². The first-order chi connectivity index (χ1) is 29.4. The fourth-order valence-corrected chi connectivity index (χ4v) is 13.2. The Morgan fingerprint density at radius 2 is 1.42 bits per heavy atom. The van der Waals surface area contributed by atoms with Crippen molar-refractivity contribution in [3.05, 3.63) is 157 Å². The number of benzene rings is 4. The summed E-state index contributed by atoms with van der Waals surface area (Å²) in [4.78, 5) is 14.4. The first-order valence-corrected chi connectivity index (χ1v) is 29.6. The zero-order valence-electron chi connectivity index (χ0n) is 37.0. The van der Waals surface area contributed by atoms with Crippen molar-refractivity contribution in [2.75, 3.05) is 0 Å². The quantitative estimate of drug-likeness (QED) is 0.112. The van der Waals surface area contributed by atoms with Crippen LogP contribution in [0, 0.1) is 35.3 Å². The van der Waals surface area contributed by atoms with E-state index in [9.17, 15) is 0 Å². The standard InChI is InChI=1S/C31H27N2O.C25H30GeN.Ir/c1-2-5-23(6-3-1)28-14-13-26-25-7-4-8-27(30(25)34-31(26)33-28)29-19-21(15-16-32-29)18-24-17-20-9-11-22(24)12-10-20;1-25(2,3)17-22-16-24(27-18-23(22)26(4,5)6)21-14-10-13-20(15-21)19-11-8-7-9-12-19;/h1-7,13-16,19-20,22,24H,9-12,17-18H2;7-13,15-16,18H,17H2,1-6H3;/q2*-1;. The van der Waals surface area contributed by atoms with Gasteiger partial charge in [0.1, 0.15) is 0 Å². The second kappa shape index (κ2) is 18.6. The molecule has 0 spiro atoms. The molecule has 1 atom stereocenters. The van der Waals surface area contributed by atoms with Crippen molar-refractivity contribution in [1.29, 1.82) is 0 Å². The zero-order valence-corrected chi connectivity index (χ0v) is 41.5. The van der Waals surface area contributed by atoms with Crippen LogP contribution in [0.5, 0.6) is 0 Å². The van der Waals surface area contributed by atoms with Crippen LogP contribution in [-0.4, -0.2) is 28.2 Å². The van der Waals surface area contributed by atoms with Gasteiger partial charge < -0.3 is 9.40 Å². The first kappa shape index (κ1) is 44.0. The van der Waals surface area contributed by atoms with Gasteiger partial charge in [-0.1, -0.05) is 65.8 Å². The van der Waals surface area contributed by atoms with Gasteiger partial charge in [0.05, 0.1) is 11.3 Å². The van der Waals surface area contributed by atoms with Gasteiger partial charge >= 0.3 is 167 Å². The van der Waals surface area contributed by atoms with E-state index in [0.29, 0.717) is 5.71 Å². The largest absolute Gasteiger partial charge is 0.486 e. The van der Waals surface area contributed by atoms with Crippen LogP contribution in [0.15, 0.2) is 138 Å². The Bertz CT molecular complexity index is 2780. The summed E-state index contributed by atoms with van der Waals surface area (Å²) in [6.07, 6.45) is 13.5. The number of pyridine rings is 3. The van der Waals surface area contributed by atoms with Gasteiger partial charge in [0.15, 0.2) is 0 Å². The number of furan rings is 1. The fraction of sp³-hybridized carbons (Fsp3) is 0.304. The maximum Gasteiger partial charge on any atom is 0.216 e. The summed E-state index contributed by atoms with van der Waals surface area (Å²) >= 11 is -1.97. The smallest absolute Gasteiger partial charge is 0.216 e. The minimum atomic E-state index is -1.97. The molecule has 6 heteroatoms. The number of hydrogen-bond acceptors (Lipinski definition) is 4. The number of rotatable bonds is 8. The Balaban J connectivity index is 0.000000173. The molecule has 0 amide bonds. The fourth-order valence-electron chi connectivity index (χ4n) is 9.85. The maximum absolute atomic E-state index is 6.35. The second-order valence-corrected chi connectivity index (χ2v) is 30.3. The molecule has 1 radical (unpaired) electrons. The Labute approximate surface area is 384 Å². The van der Waals surface area contributed by atoms with Crippen LogP contribution >= 0.6 is 0 Å². The van der Waals surface area contributed by atoms with E-state index in [4.69, 9.17) is 19.4 Å². The summed E-state index contributed by atoms with van der Waals surface area (Å²) in [6.45, 7) is 6.94. The van der Waals surface area contributed by atoms with Crippen molar-refractivity contribution in [2.45, 2.75) is 83.0 Å². The van der Waals surface area contributed by atoms with Crippen LogP contribution < -0.4 is 4.40 Å². The summed E-state index contributed by atoms with van der Waals surface area (Å²) in [5.41, 5.74) is 13.0. The van der Waals surface area contributed by atoms with Crippen molar-refractivity contribution in [3.63, 3.8) is 0 Å². The van der Waals surface area contributed by atoms with E-state index in [0.717, 1.165) is 80.7 Å². The van der Waals surface area contributed by atoms with Crippen LogP contribution in [0.3, 0.4) is 0 Å². The molecule has 4 heterocycles. The van der Waals surface area contributed by atoms with Crippen LogP contribution in [-0.2, 0) is 32.9 Å². The van der Waals surface area contributed by atoms with Gasteiger partial charge in [-0.2, -0.15) is 0 Å². The monoisotopic (exact) mass is 1050 g/mol. The molecule has 4 aromatic carbocycles. The minimum Gasteiger partial charge on any atom is -0.486 e. The third kappa shape index (κ3) is 9.91. The van der Waals surface area contributed by atoms with Crippen molar-refractivity contribution >= 4 is 39.7 Å². The molecule has 317 valence electrons. The van der Waals surface area contributed by atoms with Crippen LogP contribution in [0.4, 0.5) is 0 Å². The average Bonchev–Trinajstić information content (AvgIpc) is 3.65. The molecule has 11 rings (SSSR count). The molecule has 8 aromatic rings. The predicted octanol–water partition coefficient (Wildman–Crippen LogP) is 14.2. The van der Waals surface area contributed by atoms with Crippen molar-refractivity contribution in [1.82, 2.24) is 15.0 Å². The Morgan fingerprint density at radius 1 is 0.694 bits per heavy atom. The van der Waals surface area contributed by atoms with Gasteiger partial charge in [0.25, 0.3) is 0 Å². The van der Waals surface area contributed by atoms with E-state index >= 15 is 0 Å². The molecule has 0 N–H and O–H groups in total. The van der Waals surface area contributed by atoms with E-state index in [2.05, 4.69) is 147 Å². The molecule has 62 heavy (non-hydrogen) atoms. The Morgan fingerprint density at radius 3 is 2.11 bits per heavy atom. The molecular weight excluding hydrogens is 995 g/mol. The molecule has 3 saturated carbocycles. The molecule has 4 nitrogen and oxygen atoms in total. The van der Waals surface area contributed by atoms with Gasteiger partial charge in [0, 0.05) is 37.3 Å². The number of fused-ring (bicyclic) bond motifs is 6. The summed E-state index contributed by atoms with van der Waals surface area (Å²) in [5.74, 6) is 10.1. The molecule has 3 fully saturated rings. The van der Waals surface area contributed by atoms with E-state index < -0.39 is 13.3 Å². The number of nitrogens with zero attached hydrogens (tertiary/aromatic N) is 3. The van der Waals surface area contributed by atoms with Gasteiger partial charge in [-0.25, -0.2) is 4.98 Å². The molecule has 3 aliphatic carbocycles. The topological polar surface area (TPSA) is 51.8 Å². The average molecular weight is 1050 g/mol. The normalized spacial score (nSPS) is 17.4. The van der Waals surface area contributed by atoms with Gasteiger partial charge in [-0.3, -0.25) is 0 Å². The summed E-state index contributed by atoms with van der Waals surface area (Å²) < 4.78 is 7.87. The summed E-state index contributed by atoms with van der Waals surface area (Å²) in [6, 6.07) is 48.9. The number of aromatic nitrogens is 3. The van der Waals surface area contributed by atoms with Crippen LogP contribution in [0.1, 0.15) is 64.0 Å². The number of hydrogen-bond donors (Lipinski definition) is 0. The predicted molar refractivity (Wildman–Crippen MR) is 256 cm³/mol. The van der Waals surface area contributed by atoms with Crippen LogP contribution in [0.2, 0.25) is 17.3 Å². The minimum absolute atomic E-state index is 0. The Kier molecular flexibility index (Phi) is 13.2. The van der Waals surface area contributed by atoms with E-state index in [1.54, 1.807) is 0 Å². The van der Waals surface area contributed by atoms with Gasteiger partial charge in [-0.15, -0.1) is 18.2 Å². The molecule has 1 unspecified atom stereocenters. The summed E-state index contributed by atoms with van der Waals surface area (Å²) in [5, 5.41) is 2.09. The van der Waals surface area contributed by atoms with Crippen molar-refractivity contribution in [2.24, 2.45) is 23.2 Å². The van der Waals surface area contributed by atoms with E-state index in [1.165, 1.54) is 58.8 Å². The second-order valence-electron chi connectivity index (χ2n) is 19.7. The van der Waals surface area contributed by atoms with Gasteiger partial charge in [0.2, 0.25) is 5.71 Å². The first-order valence-electron chi connectivity index (χ1n) is 22.3. The van der Waals surface area contributed by atoms with Crippen LogP contribution in [0.25, 0.3) is 67.0 Å². The molecule has 3 aliphatic rings. The van der Waals surface area contributed by atoms with Crippen molar-refractivity contribution in [3.8, 4) is 44.9 Å². The molecule has 2 bridgehead atoms.